The molecule has 0 aromatic heterocycles. The van der Waals surface area contributed by atoms with Crippen LogP contribution < -0.4 is 5.32 Å². The highest BCUT2D eigenvalue weighted by atomic mass is 79.9. The van der Waals surface area contributed by atoms with Crippen LogP contribution in [0.25, 0.3) is 0 Å². The molecule has 2 unspecified atom stereocenters. The zero-order chi connectivity index (χ0) is 14.7. The molecular weight excluding hydrogens is 342 g/mol. The summed E-state index contributed by atoms with van der Waals surface area (Å²) in [5, 5.41) is 4.05. The van der Waals surface area contributed by atoms with Gasteiger partial charge in [0.2, 0.25) is 0 Å². The Bertz CT molecular complexity index is 571. The van der Waals surface area contributed by atoms with E-state index in [-0.39, 0.29) is 0 Å². The van der Waals surface area contributed by atoms with Gasteiger partial charge in [-0.3, -0.25) is 0 Å². The summed E-state index contributed by atoms with van der Waals surface area (Å²) >= 11 is 5.57. The number of fused-ring (bicyclic) bond motifs is 1. The molecule has 1 aliphatic rings. The predicted octanol–water partition coefficient (Wildman–Crippen LogP) is 4.86. The number of benzene rings is 2. The van der Waals surface area contributed by atoms with Crippen LogP contribution in [-0.4, -0.2) is 18.8 Å². The molecule has 0 saturated heterocycles. The minimum atomic E-state index is 0.579. The van der Waals surface area contributed by atoms with Crippen molar-refractivity contribution in [3.63, 3.8) is 0 Å². The number of nitrogens with one attached hydrogen (secondary N) is 1. The van der Waals surface area contributed by atoms with E-state index in [1.807, 2.05) is 7.05 Å². The average Bonchev–Trinajstić information content (AvgIpc) is 2.90. The van der Waals surface area contributed by atoms with Crippen LogP contribution in [0.3, 0.4) is 0 Å². The third-order valence-electron chi connectivity index (χ3n) is 4.05. The van der Waals surface area contributed by atoms with E-state index in [1.54, 1.807) is 0 Å². The summed E-state index contributed by atoms with van der Waals surface area (Å²) < 4.78 is 1.15. The second kappa shape index (κ2) is 6.99. The van der Waals surface area contributed by atoms with Crippen molar-refractivity contribution in [1.29, 1.82) is 0 Å². The summed E-state index contributed by atoms with van der Waals surface area (Å²) in [6.45, 7) is 1.04. The van der Waals surface area contributed by atoms with Gasteiger partial charge in [0.05, 0.1) is 0 Å². The molecule has 0 radical (unpaired) electrons. The van der Waals surface area contributed by atoms with Gasteiger partial charge in [-0.2, -0.15) is 0 Å². The molecule has 1 N–H and O–H groups in total. The van der Waals surface area contributed by atoms with Gasteiger partial charge in [-0.15, -0.1) is 11.8 Å². The second-order valence-corrected chi connectivity index (χ2v) is 7.85. The summed E-state index contributed by atoms with van der Waals surface area (Å²) in [5.41, 5.74) is 2.95. The standard InChI is InChI=1S/C18H20BrNS/c1-20-12-15(13-6-8-16(19)9-7-13)11-17-10-14-4-2-3-5-18(14)21-17/h2-9,15,17,20H,10-12H2,1H3. The van der Waals surface area contributed by atoms with Crippen molar-refractivity contribution in [2.24, 2.45) is 0 Å². The first-order valence-electron chi connectivity index (χ1n) is 7.41. The maximum absolute atomic E-state index is 3.52. The van der Waals surface area contributed by atoms with E-state index in [2.05, 4.69) is 81.5 Å². The Balaban J connectivity index is 1.70. The van der Waals surface area contributed by atoms with E-state index in [9.17, 15) is 0 Å². The molecule has 21 heavy (non-hydrogen) atoms. The van der Waals surface area contributed by atoms with Crippen LogP contribution in [0, 0.1) is 0 Å². The van der Waals surface area contributed by atoms with Crippen LogP contribution in [0.5, 0.6) is 0 Å². The minimum absolute atomic E-state index is 0.579. The van der Waals surface area contributed by atoms with Crippen molar-refractivity contribution in [3.05, 3.63) is 64.1 Å². The fourth-order valence-electron chi connectivity index (χ4n) is 3.02. The highest BCUT2D eigenvalue weighted by molar-refractivity contribution is 9.10. The van der Waals surface area contributed by atoms with Gasteiger partial charge in [0.15, 0.2) is 0 Å². The van der Waals surface area contributed by atoms with Gasteiger partial charge in [-0.25, -0.2) is 0 Å². The number of rotatable bonds is 5. The molecule has 0 spiro atoms. The Hall–Kier alpha value is -0.770. The van der Waals surface area contributed by atoms with Gasteiger partial charge in [0, 0.05) is 21.2 Å². The van der Waals surface area contributed by atoms with Gasteiger partial charge in [0.1, 0.15) is 0 Å². The van der Waals surface area contributed by atoms with Crippen molar-refractivity contribution >= 4 is 27.7 Å². The van der Waals surface area contributed by atoms with Gasteiger partial charge < -0.3 is 5.32 Å². The highest BCUT2D eigenvalue weighted by Crippen LogP contribution is 2.41. The largest absolute Gasteiger partial charge is 0.319 e. The fourth-order valence-corrected chi connectivity index (χ4v) is 4.70. The maximum atomic E-state index is 3.52. The summed E-state index contributed by atoms with van der Waals surface area (Å²) in [6, 6.07) is 17.6. The Labute approximate surface area is 139 Å². The van der Waals surface area contributed by atoms with E-state index in [0.717, 1.165) is 11.0 Å². The summed E-state index contributed by atoms with van der Waals surface area (Å²) in [4.78, 5) is 1.47. The summed E-state index contributed by atoms with van der Waals surface area (Å²) in [7, 11) is 2.04. The molecule has 1 heterocycles. The molecule has 0 aliphatic carbocycles. The lowest BCUT2D eigenvalue weighted by Crippen LogP contribution is -2.20. The highest BCUT2D eigenvalue weighted by Gasteiger charge is 2.25. The number of likely N-dealkylation sites (N-methyl/N-ethyl adjacent to an activating group) is 1. The first kappa shape index (κ1) is 15.1. The third kappa shape index (κ3) is 3.71. The van der Waals surface area contributed by atoms with E-state index in [0.29, 0.717) is 11.2 Å². The van der Waals surface area contributed by atoms with Crippen LogP contribution >= 0.6 is 27.7 Å². The SMILES string of the molecule is CNCC(CC1Cc2ccccc2S1)c1ccc(Br)cc1. The number of hydrogen-bond acceptors (Lipinski definition) is 2. The van der Waals surface area contributed by atoms with Crippen LogP contribution in [0.2, 0.25) is 0 Å². The molecule has 3 rings (SSSR count). The molecular formula is C18H20BrNS. The summed E-state index contributed by atoms with van der Waals surface area (Å²) in [5.74, 6) is 0.579. The van der Waals surface area contributed by atoms with Crippen molar-refractivity contribution in [2.75, 3.05) is 13.6 Å². The van der Waals surface area contributed by atoms with Gasteiger partial charge in [0.25, 0.3) is 0 Å². The van der Waals surface area contributed by atoms with Crippen LogP contribution in [0.15, 0.2) is 57.9 Å². The Morgan fingerprint density at radius 1 is 1.19 bits per heavy atom. The van der Waals surface area contributed by atoms with E-state index in [1.165, 1.54) is 28.9 Å². The molecule has 0 bridgehead atoms. The van der Waals surface area contributed by atoms with Crippen molar-refractivity contribution < 1.29 is 0 Å². The first-order valence-corrected chi connectivity index (χ1v) is 9.08. The number of thioether (sulfide) groups is 1. The van der Waals surface area contributed by atoms with Crippen molar-refractivity contribution in [1.82, 2.24) is 5.32 Å². The minimum Gasteiger partial charge on any atom is -0.319 e. The monoisotopic (exact) mass is 361 g/mol. The second-order valence-electron chi connectivity index (χ2n) is 5.59. The van der Waals surface area contributed by atoms with E-state index < -0.39 is 0 Å². The first-order chi connectivity index (χ1) is 10.3. The van der Waals surface area contributed by atoms with E-state index >= 15 is 0 Å². The normalized spacial score (nSPS) is 18.5. The molecule has 3 heteroatoms. The van der Waals surface area contributed by atoms with Crippen molar-refractivity contribution in [3.8, 4) is 0 Å². The van der Waals surface area contributed by atoms with Gasteiger partial charge in [-0.05, 0) is 55.1 Å². The Morgan fingerprint density at radius 3 is 2.67 bits per heavy atom. The van der Waals surface area contributed by atoms with E-state index in [4.69, 9.17) is 0 Å². The zero-order valence-electron chi connectivity index (χ0n) is 12.2. The molecule has 2 aromatic carbocycles. The lowest BCUT2D eigenvalue weighted by atomic mass is 9.92. The van der Waals surface area contributed by atoms with Crippen LogP contribution in [0.4, 0.5) is 0 Å². The fraction of sp³-hybridized carbons (Fsp3) is 0.333. The molecule has 2 atom stereocenters. The lowest BCUT2D eigenvalue weighted by Gasteiger charge is -2.20. The molecule has 2 aromatic rings. The number of hydrogen-bond donors (Lipinski definition) is 1. The third-order valence-corrected chi connectivity index (χ3v) is 5.93. The molecule has 1 nitrogen and oxygen atoms in total. The maximum Gasteiger partial charge on any atom is 0.0175 e. The zero-order valence-corrected chi connectivity index (χ0v) is 14.6. The predicted molar refractivity (Wildman–Crippen MR) is 95.2 cm³/mol. The smallest absolute Gasteiger partial charge is 0.0175 e. The Kier molecular flexibility index (Phi) is 5.04. The topological polar surface area (TPSA) is 12.0 Å². The molecule has 0 amide bonds. The summed E-state index contributed by atoms with van der Waals surface area (Å²) in [6.07, 6.45) is 2.43. The van der Waals surface area contributed by atoms with Crippen molar-refractivity contribution in [2.45, 2.75) is 28.9 Å². The van der Waals surface area contributed by atoms with Gasteiger partial charge >= 0.3 is 0 Å². The van der Waals surface area contributed by atoms with Gasteiger partial charge in [-0.1, -0.05) is 46.3 Å². The Morgan fingerprint density at radius 2 is 1.95 bits per heavy atom. The number of halogens is 1. The average molecular weight is 362 g/mol. The molecule has 1 aliphatic heterocycles. The lowest BCUT2D eigenvalue weighted by molar-refractivity contribution is 0.571. The van der Waals surface area contributed by atoms with Crippen LogP contribution in [0.1, 0.15) is 23.5 Å². The molecule has 0 fully saturated rings. The molecule has 110 valence electrons. The molecule has 0 saturated carbocycles. The van der Waals surface area contributed by atoms with Crippen LogP contribution in [-0.2, 0) is 6.42 Å². The quantitative estimate of drug-likeness (QED) is 0.815.